The Morgan fingerprint density at radius 2 is 2.18 bits per heavy atom. The molecule has 3 rings (SSSR count). The molecule has 5 nitrogen and oxygen atoms in total. The van der Waals surface area contributed by atoms with Crippen LogP contribution in [0.1, 0.15) is 32.3 Å². The fourth-order valence-electron chi connectivity index (χ4n) is 3.26. The lowest BCUT2D eigenvalue weighted by atomic mass is 9.94. The van der Waals surface area contributed by atoms with Crippen LogP contribution < -0.4 is 10.2 Å². The number of ether oxygens (including phenoxy) is 1. The SMILES string of the molecule is CC1(C)C[C@H](NC(=O)CN2C(=O)Cc3ccccc32)CCO1. The lowest BCUT2D eigenvalue weighted by Crippen LogP contribution is -2.48. The Labute approximate surface area is 130 Å². The number of amides is 2. The second-order valence-corrected chi connectivity index (χ2v) is 6.65. The Hall–Kier alpha value is -1.88. The maximum Gasteiger partial charge on any atom is 0.240 e. The zero-order valence-electron chi connectivity index (χ0n) is 13.1. The monoisotopic (exact) mass is 302 g/mol. The average Bonchev–Trinajstić information content (AvgIpc) is 2.74. The number of hydrogen-bond acceptors (Lipinski definition) is 3. The third-order valence-corrected chi connectivity index (χ3v) is 4.29. The Morgan fingerprint density at radius 1 is 1.41 bits per heavy atom. The van der Waals surface area contributed by atoms with E-state index in [0.717, 1.165) is 24.1 Å². The van der Waals surface area contributed by atoms with Gasteiger partial charge in [0.2, 0.25) is 11.8 Å². The maximum atomic E-state index is 12.3. The molecule has 118 valence electrons. The number of benzene rings is 1. The average molecular weight is 302 g/mol. The standard InChI is InChI=1S/C17H22N2O3/c1-17(2)10-13(7-8-22-17)18-15(20)11-19-14-6-4-3-5-12(14)9-16(19)21/h3-6,13H,7-11H2,1-2H3,(H,18,20)/t13-/m1/s1. The van der Waals surface area contributed by atoms with E-state index in [2.05, 4.69) is 5.32 Å². The molecule has 2 heterocycles. The molecule has 2 aliphatic rings. The molecule has 1 aromatic rings. The van der Waals surface area contributed by atoms with Crippen molar-refractivity contribution in [2.75, 3.05) is 18.1 Å². The highest BCUT2D eigenvalue weighted by Crippen LogP contribution is 2.28. The number of anilines is 1. The summed E-state index contributed by atoms with van der Waals surface area (Å²) in [6, 6.07) is 7.75. The summed E-state index contributed by atoms with van der Waals surface area (Å²) in [5.74, 6) is -0.114. The van der Waals surface area contributed by atoms with Crippen LogP contribution >= 0.6 is 0 Å². The molecule has 5 heteroatoms. The van der Waals surface area contributed by atoms with Crippen LogP contribution in [0.15, 0.2) is 24.3 Å². The molecule has 1 aromatic carbocycles. The van der Waals surface area contributed by atoms with Gasteiger partial charge in [0.25, 0.3) is 0 Å². The summed E-state index contributed by atoms with van der Waals surface area (Å²) in [4.78, 5) is 26.0. The number of para-hydroxylation sites is 1. The zero-order chi connectivity index (χ0) is 15.7. The summed E-state index contributed by atoms with van der Waals surface area (Å²) in [6.45, 7) is 4.81. The second kappa shape index (κ2) is 5.72. The summed E-state index contributed by atoms with van der Waals surface area (Å²) < 4.78 is 5.66. The van der Waals surface area contributed by atoms with Gasteiger partial charge in [-0.2, -0.15) is 0 Å². The summed E-state index contributed by atoms with van der Waals surface area (Å²) in [5.41, 5.74) is 1.65. The van der Waals surface area contributed by atoms with Crippen molar-refractivity contribution in [3.63, 3.8) is 0 Å². The molecule has 1 N–H and O–H groups in total. The highest BCUT2D eigenvalue weighted by Gasteiger charge is 2.32. The zero-order valence-corrected chi connectivity index (χ0v) is 13.1. The van der Waals surface area contributed by atoms with Crippen LogP contribution in [0.25, 0.3) is 0 Å². The summed E-state index contributed by atoms with van der Waals surface area (Å²) >= 11 is 0. The number of carbonyl (C=O) groups excluding carboxylic acids is 2. The predicted octanol–water partition coefficient (Wildman–Crippen LogP) is 1.65. The highest BCUT2D eigenvalue weighted by molar-refractivity contribution is 6.04. The van der Waals surface area contributed by atoms with E-state index in [1.807, 2.05) is 38.1 Å². The normalized spacial score (nSPS) is 23.3. The molecule has 2 aliphatic heterocycles. The van der Waals surface area contributed by atoms with Crippen molar-refractivity contribution < 1.29 is 14.3 Å². The Bertz CT molecular complexity index is 597. The summed E-state index contributed by atoms with van der Waals surface area (Å²) in [6.07, 6.45) is 2.00. The van der Waals surface area contributed by atoms with Gasteiger partial charge in [-0.15, -0.1) is 0 Å². The van der Waals surface area contributed by atoms with Crippen molar-refractivity contribution >= 4 is 17.5 Å². The van der Waals surface area contributed by atoms with Gasteiger partial charge < -0.3 is 15.0 Å². The van der Waals surface area contributed by atoms with Gasteiger partial charge in [-0.1, -0.05) is 18.2 Å². The highest BCUT2D eigenvalue weighted by atomic mass is 16.5. The first kappa shape index (κ1) is 15.0. The largest absolute Gasteiger partial charge is 0.375 e. The molecule has 0 saturated carbocycles. The van der Waals surface area contributed by atoms with E-state index in [9.17, 15) is 9.59 Å². The fraction of sp³-hybridized carbons (Fsp3) is 0.529. The van der Waals surface area contributed by atoms with E-state index in [4.69, 9.17) is 4.74 Å². The van der Waals surface area contributed by atoms with Crippen molar-refractivity contribution in [3.05, 3.63) is 29.8 Å². The number of nitrogens with zero attached hydrogens (tertiary/aromatic N) is 1. The third kappa shape index (κ3) is 3.14. The summed E-state index contributed by atoms with van der Waals surface area (Å²) in [5, 5.41) is 3.04. The third-order valence-electron chi connectivity index (χ3n) is 4.29. The minimum atomic E-state index is -0.202. The van der Waals surface area contributed by atoms with Gasteiger partial charge in [0.1, 0.15) is 6.54 Å². The number of fused-ring (bicyclic) bond motifs is 1. The molecule has 1 fully saturated rings. The van der Waals surface area contributed by atoms with Crippen LogP contribution in [0, 0.1) is 0 Å². The lowest BCUT2D eigenvalue weighted by molar-refractivity contribution is -0.125. The van der Waals surface area contributed by atoms with Gasteiger partial charge in [-0.05, 0) is 38.3 Å². The fourth-order valence-corrected chi connectivity index (χ4v) is 3.26. The van der Waals surface area contributed by atoms with E-state index >= 15 is 0 Å². The first-order chi connectivity index (χ1) is 10.4. The van der Waals surface area contributed by atoms with Gasteiger partial charge in [-0.25, -0.2) is 0 Å². The number of rotatable bonds is 3. The van der Waals surface area contributed by atoms with Gasteiger partial charge in [0.15, 0.2) is 0 Å². The van der Waals surface area contributed by atoms with Crippen molar-refractivity contribution in [1.29, 1.82) is 0 Å². The van der Waals surface area contributed by atoms with Crippen LogP contribution in [0.5, 0.6) is 0 Å². The van der Waals surface area contributed by atoms with E-state index in [-0.39, 0.29) is 30.0 Å². The second-order valence-electron chi connectivity index (χ2n) is 6.65. The molecule has 0 aliphatic carbocycles. The molecule has 1 saturated heterocycles. The van der Waals surface area contributed by atoms with Crippen molar-refractivity contribution in [1.82, 2.24) is 5.32 Å². The Morgan fingerprint density at radius 3 is 2.95 bits per heavy atom. The predicted molar refractivity (Wildman–Crippen MR) is 83.7 cm³/mol. The number of carbonyl (C=O) groups is 2. The topological polar surface area (TPSA) is 58.6 Å². The quantitative estimate of drug-likeness (QED) is 0.923. The Balaban J connectivity index is 1.62. The van der Waals surface area contributed by atoms with Gasteiger partial charge in [0, 0.05) is 18.3 Å². The van der Waals surface area contributed by atoms with Crippen LogP contribution in [0.2, 0.25) is 0 Å². The van der Waals surface area contributed by atoms with Crippen LogP contribution in [-0.2, 0) is 20.7 Å². The van der Waals surface area contributed by atoms with E-state index in [1.54, 1.807) is 4.90 Å². The summed E-state index contributed by atoms with van der Waals surface area (Å²) in [7, 11) is 0. The van der Waals surface area contributed by atoms with E-state index < -0.39 is 0 Å². The lowest BCUT2D eigenvalue weighted by Gasteiger charge is -2.36. The van der Waals surface area contributed by atoms with Crippen LogP contribution in [0.3, 0.4) is 0 Å². The molecule has 0 radical (unpaired) electrons. The smallest absolute Gasteiger partial charge is 0.240 e. The molecule has 22 heavy (non-hydrogen) atoms. The molecule has 1 atom stereocenters. The molecular weight excluding hydrogens is 280 g/mol. The molecule has 2 amide bonds. The van der Waals surface area contributed by atoms with Crippen molar-refractivity contribution in [2.24, 2.45) is 0 Å². The minimum absolute atomic E-state index is 0.0105. The van der Waals surface area contributed by atoms with Gasteiger partial charge >= 0.3 is 0 Å². The molecule has 0 aromatic heterocycles. The van der Waals surface area contributed by atoms with Crippen molar-refractivity contribution in [2.45, 2.75) is 44.8 Å². The van der Waals surface area contributed by atoms with Crippen LogP contribution in [0.4, 0.5) is 5.69 Å². The molecule has 0 bridgehead atoms. The first-order valence-electron chi connectivity index (χ1n) is 7.76. The molecular formula is C17H22N2O3. The van der Waals surface area contributed by atoms with Gasteiger partial charge in [0.05, 0.1) is 12.0 Å². The number of nitrogens with one attached hydrogen (secondary N) is 1. The number of hydrogen-bond donors (Lipinski definition) is 1. The van der Waals surface area contributed by atoms with E-state index in [0.29, 0.717) is 13.0 Å². The first-order valence-corrected chi connectivity index (χ1v) is 7.76. The van der Waals surface area contributed by atoms with Crippen LogP contribution in [-0.4, -0.2) is 36.6 Å². The molecule has 0 spiro atoms. The van der Waals surface area contributed by atoms with E-state index in [1.165, 1.54) is 0 Å². The van der Waals surface area contributed by atoms with Crippen molar-refractivity contribution in [3.8, 4) is 0 Å². The molecule has 0 unspecified atom stereocenters. The maximum absolute atomic E-state index is 12.3. The van der Waals surface area contributed by atoms with Gasteiger partial charge in [-0.3, -0.25) is 9.59 Å². The Kier molecular flexibility index (Phi) is 3.91. The minimum Gasteiger partial charge on any atom is -0.375 e.